The number of hydrogen-bond acceptors (Lipinski definition) is 3. The molecule has 0 heterocycles. The normalized spacial score (nSPS) is 10.8. The molecule has 0 radical (unpaired) electrons. The van der Waals surface area contributed by atoms with Gasteiger partial charge in [-0.05, 0) is 24.7 Å². The molecule has 0 atom stereocenters. The first-order valence-corrected chi connectivity index (χ1v) is 8.31. The van der Waals surface area contributed by atoms with E-state index in [-0.39, 0.29) is 24.8 Å². The molecule has 2 aromatic rings. The van der Waals surface area contributed by atoms with Gasteiger partial charge in [0.15, 0.2) is 0 Å². The minimum atomic E-state index is 0. The van der Waals surface area contributed by atoms with Gasteiger partial charge in [-0.15, -0.1) is 24.8 Å². The molecule has 0 aromatic heterocycles. The van der Waals surface area contributed by atoms with E-state index in [1.165, 1.54) is 11.1 Å². The Labute approximate surface area is 170 Å². The van der Waals surface area contributed by atoms with Crippen molar-refractivity contribution < 1.29 is 14.2 Å². The van der Waals surface area contributed by atoms with E-state index < -0.39 is 0 Å². The van der Waals surface area contributed by atoms with Gasteiger partial charge in [-0.25, -0.2) is 4.84 Å². The number of hydroxylamine groups is 3. The third kappa shape index (κ3) is 8.88. The Bertz CT molecular complexity index is 624. The Balaban J connectivity index is 0.00000312. The van der Waals surface area contributed by atoms with Crippen molar-refractivity contribution in [1.82, 2.24) is 4.90 Å². The number of methoxy groups -OCH3 is 1. The van der Waals surface area contributed by atoms with Crippen LogP contribution >= 0.6 is 24.8 Å². The summed E-state index contributed by atoms with van der Waals surface area (Å²) in [5.74, 6) is 0.884. The Kier molecular flexibility index (Phi) is 11.5. The van der Waals surface area contributed by atoms with E-state index in [1.807, 2.05) is 18.2 Å². The van der Waals surface area contributed by atoms with Crippen molar-refractivity contribution in [1.29, 1.82) is 0 Å². The molecule has 0 saturated heterocycles. The van der Waals surface area contributed by atoms with Crippen molar-refractivity contribution in [3.05, 3.63) is 65.7 Å². The van der Waals surface area contributed by atoms with Crippen molar-refractivity contribution in [2.75, 3.05) is 41.4 Å². The first kappa shape index (κ1) is 24.7. The van der Waals surface area contributed by atoms with Crippen molar-refractivity contribution in [2.24, 2.45) is 0 Å². The molecule has 26 heavy (non-hydrogen) atoms. The van der Waals surface area contributed by atoms with Crippen LogP contribution in [0.25, 0.3) is 0 Å². The highest BCUT2D eigenvalue weighted by molar-refractivity contribution is 5.85. The smallest absolute Gasteiger partial charge is 0.134 e. The van der Waals surface area contributed by atoms with Gasteiger partial charge in [0, 0.05) is 18.7 Å². The summed E-state index contributed by atoms with van der Waals surface area (Å²) in [4.78, 5) is 8.35. The van der Waals surface area contributed by atoms with Crippen LogP contribution in [0.3, 0.4) is 0 Å². The Morgan fingerprint density at radius 2 is 1.58 bits per heavy atom. The van der Waals surface area contributed by atoms with Gasteiger partial charge in [0.2, 0.25) is 0 Å². The third-order valence-electron chi connectivity index (χ3n) is 3.91. The van der Waals surface area contributed by atoms with Crippen LogP contribution in [0.4, 0.5) is 0 Å². The van der Waals surface area contributed by atoms with Crippen LogP contribution in [0.2, 0.25) is 0 Å². The number of ether oxygens (including phenoxy) is 1. The second-order valence-electron chi connectivity index (χ2n) is 6.64. The first-order chi connectivity index (χ1) is 11.5. The maximum absolute atomic E-state index is 6.07. The summed E-state index contributed by atoms with van der Waals surface area (Å²) >= 11 is 0. The molecular weight excluding hydrogens is 371 g/mol. The van der Waals surface area contributed by atoms with Crippen LogP contribution in [0.5, 0.6) is 5.75 Å². The number of benzene rings is 2. The molecule has 0 fully saturated rings. The number of quaternary nitrogens is 1. The van der Waals surface area contributed by atoms with Gasteiger partial charge in [0.05, 0.1) is 21.2 Å². The Hall–Kier alpha value is -1.30. The number of halogens is 2. The lowest BCUT2D eigenvalue weighted by Gasteiger charge is -2.28. The van der Waals surface area contributed by atoms with E-state index in [0.717, 1.165) is 25.4 Å². The zero-order valence-corrected chi connectivity index (χ0v) is 17.7. The molecule has 0 N–H and O–H groups in total. The van der Waals surface area contributed by atoms with E-state index in [1.54, 1.807) is 7.11 Å². The Morgan fingerprint density at radius 3 is 2.23 bits per heavy atom. The molecule has 0 aliphatic rings. The Morgan fingerprint density at radius 1 is 0.923 bits per heavy atom. The predicted octanol–water partition coefficient (Wildman–Crippen LogP) is 4.18. The highest BCUT2D eigenvalue weighted by atomic mass is 35.5. The second-order valence-corrected chi connectivity index (χ2v) is 6.64. The van der Waals surface area contributed by atoms with Gasteiger partial charge in [0.1, 0.15) is 18.9 Å². The molecule has 6 heteroatoms. The summed E-state index contributed by atoms with van der Waals surface area (Å²) < 4.78 is 5.78. The van der Waals surface area contributed by atoms with E-state index in [9.17, 15) is 0 Å². The highest BCUT2D eigenvalue weighted by Crippen LogP contribution is 2.16. The minimum absolute atomic E-state index is 0. The maximum Gasteiger partial charge on any atom is 0.134 e. The number of rotatable bonds is 9. The third-order valence-corrected chi connectivity index (χ3v) is 3.91. The highest BCUT2D eigenvalue weighted by Gasteiger charge is 2.18. The fourth-order valence-electron chi connectivity index (χ4n) is 2.67. The van der Waals surface area contributed by atoms with Gasteiger partial charge in [-0.3, -0.25) is 4.90 Å². The summed E-state index contributed by atoms with van der Waals surface area (Å²) in [6.45, 7) is 3.34. The number of nitrogens with zero attached hydrogens (tertiary/aromatic N) is 2. The molecular formula is C20H31Cl2N2O2+. The molecule has 0 aliphatic heterocycles. The van der Waals surface area contributed by atoms with Crippen LogP contribution in [-0.2, 0) is 17.9 Å². The summed E-state index contributed by atoms with van der Waals surface area (Å²) in [6, 6.07) is 18.6. The quantitative estimate of drug-likeness (QED) is 0.464. The van der Waals surface area contributed by atoms with Crippen LogP contribution < -0.4 is 4.74 Å². The molecule has 0 aliphatic carbocycles. The monoisotopic (exact) mass is 401 g/mol. The SMILES string of the molecule is COc1cccc(C[N+](C)(C)OCCN(C)Cc2ccccc2)c1.Cl.Cl. The molecule has 146 valence electrons. The standard InChI is InChI=1S/C20H29N2O2.2ClH/c1-21(16-18-9-6-5-7-10-18)13-14-24-22(2,3)17-19-11-8-12-20(15-19)23-4;;/h5-12,15H,13-14,16-17H2,1-4H3;2*1H/q+1;;. The van der Waals surface area contributed by atoms with Gasteiger partial charge in [-0.1, -0.05) is 42.5 Å². The van der Waals surface area contributed by atoms with Crippen molar-refractivity contribution in [2.45, 2.75) is 13.1 Å². The van der Waals surface area contributed by atoms with Gasteiger partial charge < -0.3 is 4.74 Å². The maximum atomic E-state index is 6.07. The van der Waals surface area contributed by atoms with E-state index in [4.69, 9.17) is 9.57 Å². The average molecular weight is 402 g/mol. The lowest BCUT2D eigenvalue weighted by atomic mass is 10.2. The lowest BCUT2D eigenvalue weighted by molar-refractivity contribution is -1.09. The number of hydrogen-bond donors (Lipinski definition) is 0. The summed E-state index contributed by atoms with van der Waals surface area (Å²) in [5.41, 5.74) is 2.53. The van der Waals surface area contributed by atoms with Crippen molar-refractivity contribution >= 4 is 24.8 Å². The molecule has 2 rings (SSSR count). The molecule has 2 aromatic carbocycles. The van der Waals surface area contributed by atoms with Crippen molar-refractivity contribution in [3.63, 3.8) is 0 Å². The molecule has 0 unspecified atom stereocenters. The molecule has 4 nitrogen and oxygen atoms in total. The fourth-order valence-corrected chi connectivity index (χ4v) is 2.67. The van der Waals surface area contributed by atoms with Crippen LogP contribution in [0.1, 0.15) is 11.1 Å². The van der Waals surface area contributed by atoms with E-state index >= 15 is 0 Å². The number of likely N-dealkylation sites (N-methyl/N-ethyl adjacent to an activating group) is 1. The summed E-state index contributed by atoms with van der Waals surface area (Å²) in [5, 5.41) is 0. The summed E-state index contributed by atoms with van der Waals surface area (Å²) in [6.07, 6.45) is 0. The van der Waals surface area contributed by atoms with Crippen LogP contribution in [0, 0.1) is 0 Å². The van der Waals surface area contributed by atoms with Gasteiger partial charge >= 0.3 is 0 Å². The first-order valence-electron chi connectivity index (χ1n) is 8.31. The second kappa shape index (κ2) is 12.2. The molecule has 0 amide bonds. The zero-order chi connectivity index (χ0) is 17.4. The van der Waals surface area contributed by atoms with Crippen molar-refractivity contribution in [3.8, 4) is 5.75 Å². The van der Waals surface area contributed by atoms with Gasteiger partial charge in [0.25, 0.3) is 0 Å². The molecule has 0 saturated carbocycles. The van der Waals surface area contributed by atoms with Gasteiger partial charge in [-0.2, -0.15) is 4.65 Å². The minimum Gasteiger partial charge on any atom is -0.497 e. The summed E-state index contributed by atoms with van der Waals surface area (Å²) in [7, 11) is 7.98. The van der Waals surface area contributed by atoms with E-state index in [2.05, 4.69) is 62.4 Å². The topological polar surface area (TPSA) is 21.7 Å². The fraction of sp³-hybridized carbons (Fsp3) is 0.400. The van der Waals surface area contributed by atoms with Crippen LogP contribution in [-0.4, -0.2) is 51.0 Å². The van der Waals surface area contributed by atoms with E-state index in [0.29, 0.717) is 11.3 Å². The largest absolute Gasteiger partial charge is 0.497 e. The average Bonchev–Trinajstić information content (AvgIpc) is 2.55. The van der Waals surface area contributed by atoms with Crippen LogP contribution in [0.15, 0.2) is 54.6 Å². The molecule has 0 spiro atoms. The predicted molar refractivity (Wildman–Crippen MR) is 112 cm³/mol. The molecule has 0 bridgehead atoms. The lowest BCUT2D eigenvalue weighted by Crippen LogP contribution is -2.40. The zero-order valence-electron chi connectivity index (χ0n) is 16.1.